The van der Waals surface area contributed by atoms with E-state index < -0.39 is 5.97 Å². The second kappa shape index (κ2) is 9.50. The van der Waals surface area contributed by atoms with Crippen molar-refractivity contribution in [1.82, 2.24) is 14.5 Å². The Bertz CT molecular complexity index is 1160. The number of rotatable bonds is 7. The predicted molar refractivity (Wildman–Crippen MR) is 128 cm³/mol. The molecule has 1 aliphatic heterocycles. The maximum Gasteiger partial charge on any atom is 0.338 e. The largest absolute Gasteiger partial charge is 0.480 e. The van der Waals surface area contributed by atoms with E-state index in [0.717, 1.165) is 41.4 Å². The van der Waals surface area contributed by atoms with Crippen LogP contribution >= 0.6 is 0 Å². The minimum Gasteiger partial charge on any atom is -0.480 e. The van der Waals surface area contributed by atoms with E-state index in [2.05, 4.69) is 21.6 Å². The summed E-state index contributed by atoms with van der Waals surface area (Å²) in [5, 5.41) is 9.03. The van der Waals surface area contributed by atoms with Gasteiger partial charge in [-0.05, 0) is 43.3 Å². The van der Waals surface area contributed by atoms with Crippen molar-refractivity contribution in [2.45, 2.75) is 6.92 Å². The summed E-state index contributed by atoms with van der Waals surface area (Å²) in [5.41, 5.74) is 4.15. The van der Waals surface area contributed by atoms with Gasteiger partial charge < -0.3 is 19.6 Å². The number of aliphatic carboxylic acids is 1. The highest BCUT2D eigenvalue weighted by molar-refractivity contribution is 5.94. The third kappa shape index (κ3) is 4.78. The van der Waals surface area contributed by atoms with Crippen LogP contribution in [0.4, 0.5) is 11.6 Å². The van der Waals surface area contributed by atoms with E-state index in [1.54, 1.807) is 19.1 Å². The minimum absolute atomic E-state index is 0.0783. The van der Waals surface area contributed by atoms with Gasteiger partial charge in [0, 0.05) is 46.0 Å². The van der Waals surface area contributed by atoms with Gasteiger partial charge in [-0.15, -0.1) is 0 Å². The molecule has 0 atom stereocenters. The van der Waals surface area contributed by atoms with E-state index in [1.165, 1.54) is 0 Å². The molecule has 0 spiro atoms. The lowest BCUT2D eigenvalue weighted by atomic mass is 10.2. The number of fused-ring (bicyclic) bond motifs is 1. The first-order chi connectivity index (χ1) is 15.9. The molecule has 0 unspecified atom stereocenters. The van der Waals surface area contributed by atoms with E-state index >= 15 is 0 Å². The molecular formula is C24H29N5O4. The van der Waals surface area contributed by atoms with Crippen molar-refractivity contribution in [3.8, 4) is 5.69 Å². The van der Waals surface area contributed by atoms with Crippen molar-refractivity contribution in [2.75, 3.05) is 63.2 Å². The van der Waals surface area contributed by atoms with Gasteiger partial charge in [-0.25, -0.2) is 9.78 Å². The number of piperazine rings is 1. The number of carboxylic acid groups (broad SMARTS) is 1. The van der Waals surface area contributed by atoms with Crippen molar-refractivity contribution < 1.29 is 19.4 Å². The van der Waals surface area contributed by atoms with Crippen LogP contribution in [0.3, 0.4) is 0 Å². The zero-order valence-electron chi connectivity index (χ0n) is 19.2. The van der Waals surface area contributed by atoms with Gasteiger partial charge in [-0.3, -0.25) is 14.3 Å². The Morgan fingerprint density at radius 3 is 2.45 bits per heavy atom. The summed E-state index contributed by atoms with van der Waals surface area (Å²) in [6, 6.07) is 13.7. The summed E-state index contributed by atoms with van der Waals surface area (Å²) in [5.74, 6) is -0.390. The number of hydrogen-bond donors (Lipinski definition) is 1. The fourth-order valence-corrected chi connectivity index (χ4v) is 4.15. The molecule has 2 heterocycles. The number of benzene rings is 2. The standard InChI is InChI=1S/C24H29N5O4/c1-4-33-23(32)17-8-9-21-20(14-17)25-24(26(2)3)29(21)19-7-5-6-18(15-19)28-12-10-27(11-13-28)16-22(30)31/h5-9,14-15H,4,10-13,16H2,1-3H3,(H,30,31). The van der Waals surface area contributed by atoms with Crippen LogP contribution in [0.2, 0.25) is 0 Å². The molecule has 0 bridgehead atoms. The first-order valence-electron chi connectivity index (χ1n) is 11.0. The SMILES string of the molecule is CCOC(=O)c1ccc2c(c1)nc(N(C)C)n2-c1cccc(N2CCN(CC(=O)O)CC2)c1. The molecule has 0 saturated carbocycles. The molecule has 1 aromatic heterocycles. The number of nitrogens with zero attached hydrogens (tertiary/aromatic N) is 5. The van der Waals surface area contributed by atoms with E-state index in [4.69, 9.17) is 14.8 Å². The Morgan fingerprint density at radius 1 is 1.06 bits per heavy atom. The summed E-state index contributed by atoms with van der Waals surface area (Å²) in [4.78, 5) is 34.1. The van der Waals surface area contributed by atoms with Crippen molar-refractivity contribution in [2.24, 2.45) is 0 Å². The first-order valence-corrected chi connectivity index (χ1v) is 11.0. The van der Waals surface area contributed by atoms with Crippen molar-refractivity contribution >= 4 is 34.6 Å². The summed E-state index contributed by atoms with van der Waals surface area (Å²) in [6.07, 6.45) is 0. The molecule has 1 fully saturated rings. The lowest BCUT2D eigenvalue weighted by Crippen LogP contribution is -2.48. The van der Waals surface area contributed by atoms with Gasteiger partial charge in [0.15, 0.2) is 0 Å². The summed E-state index contributed by atoms with van der Waals surface area (Å²) < 4.78 is 7.21. The van der Waals surface area contributed by atoms with Gasteiger partial charge in [0.05, 0.1) is 35.4 Å². The van der Waals surface area contributed by atoms with Crippen molar-refractivity contribution in [3.05, 3.63) is 48.0 Å². The predicted octanol–water partition coefficient (Wildman–Crippen LogP) is 2.47. The van der Waals surface area contributed by atoms with E-state index in [9.17, 15) is 9.59 Å². The van der Waals surface area contributed by atoms with Crippen LogP contribution in [-0.4, -0.2) is 84.9 Å². The normalized spacial score (nSPS) is 14.5. The average molecular weight is 452 g/mol. The average Bonchev–Trinajstić information content (AvgIpc) is 3.19. The first kappa shape index (κ1) is 22.6. The number of carboxylic acids is 1. The molecule has 1 N–H and O–H groups in total. The van der Waals surface area contributed by atoms with Crippen molar-refractivity contribution in [3.63, 3.8) is 0 Å². The molecule has 0 radical (unpaired) electrons. The minimum atomic E-state index is -0.792. The Balaban J connectivity index is 1.67. The summed E-state index contributed by atoms with van der Waals surface area (Å²) in [6.45, 7) is 5.15. The van der Waals surface area contributed by atoms with E-state index in [1.807, 2.05) is 42.1 Å². The lowest BCUT2D eigenvalue weighted by molar-refractivity contribution is -0.138. The molecule has 33 heavy (non-hydrogen) atoms. The van der Waals surface area contributed by atoms with E-state index in [-0.39, 0.29) is 12.5 Å². The maximum absolute atomic E-state index is 12.2. The fraction of sp³-hybridized carbons (Fsp3) is 0.375. The monoisotopic (exact) mass is 451 g/mol. The molecule has 4 rings (SSSR count). The summed E-state index contributed by atoms with van der Waals surface area (Å²) >= 11 is 0. The van der Waals surface area contributed by atoms with Crippen LogP contribution in [0.1, 0.15) is 17.3 Å². The molecule has 9 nitrogen and oxygen atoms in total. The molecule has 3 aromatic rings. The molecule has 1 saturated heterocycles. The molecule has 0 aliphatic carbocycles. The Hall–Kier alpha value is -3.59. The summed E-state index contributed by atoms with van der Waals surface area (Å²) in [7, 11) is 3.88. The zero-order chi connectivity index (χ0) is 23.5. The fourth-order valence-electron chi connectivity index (χ4n) is 4.15. The molecule has 0 amide bonds. The lowest BCUT2D eigenvalue weighted by Gasteiger charge is -2.35. The van der Waals surface area contributed by atoms with Crippen LogP contribution in [0.15, 0.2) is 42.5 Å². The van der Waals surface area contributed by atoms with Gasteiger partial charge >= 0.3 is 11.9 Å². The molecular weight excluding hydrogens is 422 g/mol. The highest BCUT2D eigenvalue weighted by Crippen LogP contribution is 2.29. The van der Waals surface area contributed by atoms with Gasteiger partial charge in [0.25, 0.3) is 0 Å². The molecule has 2 aromatic carbocycles. The Labute approximate surface area is 192 Å². The Kier molecular flexibility index (Phi) is 6.50. The topological polar surface area (TPSA) is 91.1 Å². The van der Waals surface area contributed by atoms with Gasteiger partial charge in [0.2, 0.25) is 5.95 Å². The van der Waals surface area contributed by atoms with Crippen LogP contribution in [0.25, 0.3) is 16.7 Å². The number of ether oxygens (including phenoxy) is 1. The van der Waals surface area contributed by atoms with Gasteiger partial charge in [-0.1, -0.05) is 6.07 Å². The van der Waals surface area contributed by atoms with Gasteiger partial charge in [0.1, 0.15) is 0 Å². The molecule has 9 heteroatoms. The van der Waals surface area contributed by atoms with Crippen LogP contribution in [0.5, 0.6) is 0 Å². The number of carbonyl (C=O) groups is 2. The molecule has 1 aliphatic rings. The number of imidazole rings is 1. The smallest absolute Gasteiger partial charge is 0.338 e. The number of carbonyl (C=O) groups excluding carboxylic acids is 1. The van der Waals surface area contributed by atoms with Crippen LogP contribution in [-0.2, 0) is 9.53 Å². The Morgan fingerprint density at radius 2 is 1.79 bits per heavy atom. The molecule has 174 valence electrons. The van der Waals surface area contributed by atoms with E-state index in [0.29, 0.717) is 25.3 Å². The third-order valence-electron chi connectivity index (χ3n) is 5.73. The van der Waals surface area contributed by atoms with Crippen LogP contribution < -0.4 is 9.80 Å². The number of hydrogen-bond acceptors (Lipinski definition) is 7. The quantitative estimate of drug-likeness (QED) is 0.548. The maximum atomic E-state index is 12.2. The number of anilines is 2. The number of aromatic nitrogens is 2. The highest BCUT2D eigenvalue weighted by atomic mass is 16.5. The number of esters is 1. The highest BCUT2D eigenvalue weighted by Gasteiger charge is 2.21. The second-order valence-electron chi connectivity index (χ2n) is 8.24. The van der Waals surface area contributed by atoms with Crippen molar-refractivity contribution in [1.29, 1.82) is 0 Å². The third-order valence-corrected chi connectivity index (χ3v) is 5.73. The van der Waals surface area contributed by atoms with Gasteiger partial charge in [-0.2, -0.15) is 0 Å². The second-order valence-corrected chi connectivity index (χ2v) is 8.24. The van der Waals surface area contributed by atoms with Crippen LogP contribution in [0, 0.1) is 0 Å². The zero-order valence-corrected chi connectivity index (χ0v) is 19.2.